The van der Waals surface area contributed by atoms with E-state index in [9.17, 15) is 18.3 Å². The molecule has 1 aliphatic carbocycles. The van der Waals surface area contributed by atoms with E-state index in [1.54, 1.807) is 0 Å². The van der Waals surface area contributed by atoms with E-state index in [1.165, 1.54) is 0 Å². The van der Waals surface area contributed by atoms with Gasteiger partial charge in [0.2, 0.25) is 0 Å². The lowest BCUT2D eigenvalue weighted by atomic mass is 9.65. The Morgan fingerprint density at radius 1 is 1.38 bits per heavy atom. The number of sulfone groups is 1. The van der Waals surface area contributed by atoms with E-state index in [4.69, 9.17) is 10.5 Å². The van der Waals surface area contributed by atoms with Crippen LogP contribution in [0.2, 0.25) is 0 Å². The molecule has 1 unspecified atom stereocenters. The molecule has 0 heterocycles. The summed E-state index contributed by atoms with van der Waals surface area (Å²) in [5.41, 5.74) is 4.27. The van der Waals surface area contributed by atoms with Crippen molar-refractivity contribution in [2.75, 3.05) is 12.0 Å². The fourth-order valence-electron chi connectivity index (χ4n) is 3.14. The number of carbonyl (C=O) groups is 1. The van der Waals surface area contributed by atoms with Gasteiger partial charge < -0.3 is 15.6 Å². The van der Waals surface area contributed by atoms with Crippen molar-refractivity contribution in [2.24, 2.45) is 17.1 Å². The first-order chi connectivity index (χ1) is 9.36. The van der Waals surface area contributed by atoms with Crippen molar-refractivity contribution in [1.29, 1.82) is 0 Å². The Balaban J connectivity index is 2.77. The standard InChI is InChI=1S/C14H27NO5S/c1-13(2,3)14(20-12(15)17)7-5-10(6-8-14)11(16)9-21(4,18)19/h10-11,16H,5-9H2,1-4H3,(H2,15,17). The van der Waals surface area contributed by atoms with Crippen molar-refractivity contribution >= 4 is 15.9 Å². The molecule has 7 heteroatoms. The number of carbonyl (C=O) groups excluding carboxylic acids is 1. The average molecular weight is 321 g/mol. The molecule has 1 fully saturated rings. The van der Waals surface area contributed by atoms with Crippen molar-refractivity contribution < 1.29 is 23.1 Å². The molecule has 1 rings (SSSR count). The Labute approximate surface area is 127 Å². The number of nitrogens with two attached hydrogens (primary N) is 1. The number of ether oxygens (including phenoxy) is 1. The summed E-state index contributed by atoms with van der Waals surface area (Å²) in [7, 11) is -3.20. The summed E-state index contributed by atoms with van der Waals surface area (Å²) in [6, 6.07) is 0. The summed E-state index contributed by atoms with van der Waals surface area (Å²) in [4.78, 5) is 11.2. The predicted octanol–water partition coefficient (Wildman–Crippen LogP) is 1.46. The van der Waals surface area contributed by atoms with E-state index in [-0.39, 0.29) is 17.1 Å². The normalized spacial score (nSPS) is 28.9. The Hall–Kier alpha value is -0.820. The van der Waals surface area contributed by atoms with Crippen LogP contribution >= 0.6 is 0 Å². The van der Waals surface area contributed by atoms with Crippen LogP contribution in [0, 0.1) is 11.3 Å². The van der Waals surface area contributed by atoms with Crippen LogP contribution in [-0.4, -0.2) is 43.3 Å². The number of rotatable bonds is 4. The number of hydrogen-bond donors (Lipinski definition) is 2. The van der Waals surface area contributed by atoms with E-state index in [0.717, 1.165) is 6.26 Å². The molecule has 0 aromatic rings. The first-order valence-electron chi connectivity index (χ1n) is 7.20. The minimum Gasteiger partial charge on any atom is -0.443 e. The van der Waals surface area contributed by atoms with Gasteiger partial charge in [0.1, 0.15) is 15.4 Å². The summed E-state index contributed by atoms with van der Waals surface area (Å²) in [5, 5.41) is 10.1. The molecule has 124 valence electrons. The number of primary amides is 1. The Kier molecular flexibility index (Phi) is 5.31. The van der Waals surface area contributed by atoms with Crippen LogP contribution in [0.15, 0.2) is 0 Å². The van der Waals surface area contributed by atoms with Gasteiger partial charge >= 0.3 is 6.09 Å². The fourth-order valence-corrected chi connectivity index (χ4v) is 4.03. The summed E-state index contributed by atoms with van der Waals surface area (Å²) in [6.45, 7) is 5.97. The molecule has 21 heavy (non-hydrogen) atoms. The van der Waals surface area contributed by atoms with Crippen LogP contribution in [0.4, 0.5) is 4.79 Å². The van der Waals surface area contributed by atoms with Crippen molar-refractivity contribution in [3.63, 3.8) is 0 Å². The zero-order valence-corrected chi connectivity index (χ0v) is 14.1. The van der Waals surface area contributed by atoms with Crippen molar-refractivity contribution in [3.05, 3.63) is 0 Å². The van der Waals surface area contributed by atoms with Gasteiger partial charge in [-0.25, -0.2) is 13.2 Å². The largest absolute Gasteiger partial charge is 0.443 e. The first kappa shape index (κ1) is 18.2. The Bertz CT molecular complexity index is 472. The molecule has 1 amide bonds. The number of amides is 1. The molecule has 0 aromatic heterocycles. The van der Waals surface area contributed by atoms with E-state index >= 15 is 0 Å². The average Bonchev–Trinajstić information content (AvgIpc) is 2.25. The fraction of sp³-hybridized carbons (Fsp3) is 0.929. The lowest BCUT2D eigenvalue weighted by molar-refractivity contribution is -0.104. The number of aliphatic hydroxyl groups is 1. The summed E-state index contributed by atoms with van der Waals surface area (Å²) in [6.07, 6.45) is 1.83. The summed E-state index contributed by atoms with van der Waals surface area (Å²) in [5.74, 6) is -0.316. The highest BCUT2D eigenvalue weighted by atomic mass is 32.2. The van der Waals surface area contributed by atoms with E-state index < -0.39 is 27.6 Å². The van der Waals surface area contributed by atoms with Crippen LogP contribution in [0.5, 0.6) is 0 Å². The second kappa shape index (κ2) is 6.12. The van der Waals surface area contributed by atoms with Gasteiger partial charge in [-0.1, -0.05) is 20.8 Å². The van der Waals surface area contributed by atoms with E-state index in [2.05, 4.69) is 0 Å². The van der Waals surface area contributed by atoms with Gasteiger partial charge in [-0.15, -0.1) is 0 Å². The van der Waals surface area contributed by atoms with Crippen LogP contribution in [-0.2, 0) is 14.6 Å². The molecule has 3 N–H and O–H groups in total. The van der Waals surface area contributed by atoms with Crippen molar-refractivity contribution in [3.8, 4) is 0 Å². The van der Waals surface area contributed by atoms with Gasteiger partial charge in [0.25, 0.3) is 0 Å². The maximum absolute atomic E-state index is 11.3. The molecule has 0 saturated heterocycles. The Morgan fingerprint density at radius 3 is 2.19 bits per heavy atom. The first-order valence-corrected chi connectivity index (χ1v) is 9.27. The van der Waals surface area contributed by atoms with Crippen molar-refractivity contribution in [1.82, 2.24) is 0 Å². The molecule has 0 bridgehead atoms. The van der Waals surface area contributed by atoms with Gasteiger partial charge in [0.05, 0.1) is 11.9 Å². The van der Waals surface area contributed by atoms with Crippen LogP contribution in [0.1, 0.15) is 46.5 Å². The monoisotopic (exact) mass is 321 g/mol. The lowest BCUT2D eigenvalue weighted by Gasteiger charge is -2.48. The number of aliphatic hydroxyl groups excluding tert-OH is 1. The molecule has 1 atom stereocenters. The highest BCUT2D eigenvalue weighted by Crippen LogP contribution is 2.47. The van der Waals surface area contributed by atoms with Crippen molar-refractivity contribution in [2.45, 2.75) is 58.2 Å². The van der Waals surface area contributed by atoms with Gasteiger partial charge in [-0.2, -0.15) is 0 Å². The highest BCUT2D eigenvalue weighted by molar-refractivity contribution is 7.90. The van der Waals surface area contributed by atoms with Gasteiger partial charge in [0.15, 0.2) is 0 Å². The van der Waals surface area contributed by atoms with Crippen LogP contribution in [0.25, 0.3) is 0 Å². The highest BCUT2D eigenvalue weighted by Gasteiger charge is 2.48. The summed E-state index contributed by atoms with van der Waals surface area (Å²) < 4.78 is 28.0. The van der Waals surface area contributed by atoms with Gasteiger partial charge in [-0.05, 0) is 31.6 Å². The SMILES string of the molecule is CC(C)(C)C1(OC(N)=O)CCC(C(O)CS(C)(=O)=O)CC1. The molecule has 0 aromatic carbocycles. The van der Waals surface area contributed by atoms with E-state index in [0.29, 0.717) is 25.7 Å². The second-order valence-corrected chi connectivity index (χ2v) is 9.35. The maximum Gasteiger partial charge on any atom is 0.405 e. The third-order valence-electron chi connectivity index (χ3n) is 4.52. The van der Waals surface area contributed by atoms with Crippen LogP contribution < -0.4 is 5.73 Å². The quantitative estimate of drug-likeness (QED) is 0.815. The summed E-state index contributed by atoms with van der Waals surface area (Å²) >= 11 is 0. The third kappa shape index (κ3) is 4.85. The van der Waals surface area contributed by atoms with E-state index in [1.807, 2.05) is 20.8 Å². The predicted molar refractivity (Wildman–Crippen MR) is 80.5 cm³/mol. The second-order valence-electron chi connectivity index (χ2n) is 7.16. The zero-order valence-electron chi connectivity index (χ0n) is 13.3. The lowest BCUT2D eigenvalue weighted by Crippen LogP contribution is -2.51. The molecule has 0 radical (unpaired) electrons. The van der Waals surface area contributed by atoms with Gasteiger partial charge in [-0.3, -0.25) is 0 Å². The smallest absolute Gasteiger partial charge is 0.405 e. The zero-order chi connectivity index (χ0) is 16.5. The molecular weight excluding hydrogens is 294 g/mol. The van der Waals surface area contributed by atoms with Gasteiger partial charge in [0, 0.05) is 11.7 Å². The molecule has 0 aliphatic heterocycles. The molecule has 1 saturated carbocycles. The maximum atomic E-state index is 11.3. The topological polar surface area (TPSA) is 107 Å². The minimum atomic E-state index is -3.20. The minimum absolute atomic E-state index is 0.0910. The molecular formula is C14H27NO5S. The molecule has 6 nitrogen and oxygen atoms in total. The molecule has 0 spiro atoms. The van der Waals surface area contributed by atoms with Crippen LogP contribution in [0.3, 0.4) is 0 Å². The third-order valence-corrected chi connectivity index (χ3v) is 5.47. The molecule has 1 aliphatic rings. The number of hydrogen-bond acceptors (Lipinski definition) is 5. The Morgan fingerprint density at radius 2 is 1.86 bits per heavy atom.